The monoisotopic (exact) mass is 230 g/mol. The average Bonchev–Trinajstić information content (AvgIpc) is 2.49. The van der Waals surface area contributed by atoms with E-state index in [4.69, 9.17) is 10.2 Å². The molecule has 0 spiro atoms. The molecule has 6 heteroatoms. The van der Waals surface area contributed by atoms with Gasteiger partial charge in [0.05, 0.1) is 19.6 Å². The average molecular weight is 230 g/mol. The molecule has 16 heavy (non-hydrogen) atoms. The molecule has 1 heterocycles. The Labute approximate surface area is 94.4 Å². The van der Waals surface area contributed by atoms with Crippen LogP contribution in [0.2, 0.25) is 0 Å². The van der Waals surface area contributed by atoms with E-state index < -0.39 is 5.97 Å². The molecule has 1 aliphatic heterocycles. The Morgan fingerprint density at radius 3 is 2.81 bits per heavy atom. The lowest BCUT2D eigenvalue weighted by molar-refractivity contribution is -0.822. The molecule has 0 saturated carbocycles. The fourth-order valence-corrected chi connectivity index (χ4v) is 2.00. The van der Waals surface area contributed by atoms with Gasteiger partial charge in [0.15, 0.2) is 6.54 Å². The molecule has 0 bridgehead atoms. The van der Waals surface area contributed by atoms with E-state index in [-0.39, 0.29) is 18.6 Å². The van der Waals surface area contributed by atoms with Crippen molar-refractivity contribution >= 4 is 11.8 Å². The minimum atomic E-state index is -0.843. The van der Waals surface area contributed by atoms with E-state index in [1.165, 1.54) is 0 Å². The van der Waals surface area contributed by atoms with Crippen molar-refractivity contribution in [1.29, 1.82) is 0 Å². The highest BCUT2D eigenvalue weighted by Crippen LogP contribution is 2.17. The lowest BCUT2D eigenvalue weighted by Crippen LogP contribution is -2.54. The molecule has 1 atom stereocenters. The molecule has 0 saturated heterocycles. The Kier molecular flexibility index (Phi) is 5.87. The van der Waals surface area contributed by atoms with Crippen LogP contribution in [0, 0.1) is 0 Å². The van der Waals surface area contributed by atoms with Crippen LogP contribution in [0.4, 0.5) is 0 Å². The zero-order valence-corrected chi connectivity index (χ0v) is 9.17. The normalized spacial score (nSPS) is 23.4. The maximum Gasteiger partial charge on any atom is 0.359 e. The summed E-state index contributed by atoms with van der Waals surface area (Å²) in [7, 11) is 0. The molecule has 3 N–H and O–H groups in total. The molecule has 0 aromatic heterocycles. The summed E-state index contributed by atoms with van der Waals surface area (Å²) in [5, 5.41) is 17.8. The van der Waals surface area contributed by atoms with Crippen molar-refractivity contribution in [2.45, 2.75) is 6.42 Å². The molecule has 1 unspecified atom stereocenters. The van der Waals surface area contributed by atoms with Crippen molar-refractivity contribution in [2.24, 2.45) is 4.99 Å². The number of aliphatic carboxylic acids is 1. The van der Waals surface area contributed by atoms with Gasteiger partial charge in [-0.1, -0.05) is 6.58 Å². The molecule has 1 rings (SSSR count). The maximum absolute atomic E-state index is 10.8. The molecule has 0 aliphatic carbocycles. The first-order valence-corrected chi connectivity index (χ1v) is 4.98. The number of aliphatic hydroxyl groups excluding tert-OH is 1. The zero-order valence-electron chi connectivity index (χ0n) is 9.17. The third-order valence-corrected chi connectivity index (χ3v) is 2.62. The Balaban J connectivity index is 0.00000225. The number of aliphatic imine (C=N–C) groups is 1. The van der Waals surface area contributed by atoms with Gasteiger partial charge in [0, 0.05) is 0 Å². The van der Waals surface area contributed by atoms with E-state index in [2.05, 4.69) is 11.6 Å². The number of carboxylic acids is 1. The highest BCUT2D eigenvalue weighted by atomic mass is 16.4. The first-order valence-electron chi connectivity index (χ1n) is 4.98. The van der Waals surface area contributed by atoms with Crippen LogP contribution in [-0.4, -0.2) is 64.8 Å². The number of quaternary nitrogens is 1. The summed E-state index contributed by atoms with van der Waals surface area (Å²) in [6.45, 7) is 5.56. The Morgan fingerprint density at radius 1 is 1.62 bits per heavy atom. The third-order valence-electron chi connectivity index (χ3n) is 2.62. The van der Waals surface area contributed by atoms with Crippen molar-refractivity contribution in [2.75, 3.05) is 32.8 Å². The van der Waals surface area contributed by atoms with Gasteiger partial charge in [0.2, 0.25) is 5.84 Å². The van der Waals surface area contributed by atoms with Crippen LogP contribution in [0.15, 0.2) is 17.6 Å². The number of amidine groups is 1. The summed E-state index contributed by atoms with van der Waals surface area (Å²) >= 11 is 0. The molecule has 1 aliphatic rings. The van der Waals surface area contributed by atoms with Gasteiger partial charge < -0.3 is 15.7 Å². The van der Waals surface area contributed by atoms with Crippen molar-refractivity contribution < 1.29 is 25.0 Å². The van der Waals surface area contributed by atoms with Crippen LogP contribution >= 0.6 is 0 Å². The quantitative estimate of drug-likeness (QED) is 0.483. The van der Waals surface area contributed by atoms with Gasteiger partial charge in [-0.25, -0.2) is 9.79 Å². The predicted molar refractivity (Wildman–Crippen MR) is 58.6 cm³/mol. The van der Waals surface area contributed by atoms with Crippen LogP contribution in [0.3, 0.4) is 0 Å². The second kappa shape index (κ2) is 6.37. The fourth-order valence-electron chi connectivity index (χ4n) is 2.00. The molecule has 92 valence electrons. The van der Waals surface area contributed by atoms with Gasteiger partial charge in [-0.15, -0.1) is 0 Å². The van der Waals surface area contributed by atoms with Crippen molar-refractivity contribution in [1.82, 2.24) is 0 Å². The number of rotatable bonds is 6. The second-order valence-electron chi connectivity index (χ2n) is 3.66. The maximum atomic E-state index is 10.8. The van der Waals surface area contributed by atoms with Crippen molar-refractivity contribution in [3.8, 4) is 0 Å². The summed E-state index contributed by atoms with van der Waals surface area (Å²) in [6.07, 6.45) is 2.16. The Hall–Kier alpha value is -1.24. The van der Waals surface area contributed by atoms with E-state index in [9.17, 15) is 4.79 Å². The first kappa shape index (κ1) is 14.8. The van der Waals surface area contributed by atoms with Gasteiger partial charge >= 0.3 is 5.97 Å². The summed E-state index contributed by atoms with van der Waals surface area (Å²) in [5.74, 6) is -0.0656. The van der Waals surface area contributed by atoms with E-state index in [0.29, 0.717) is 30.5 Å². The number of carbonyl (C=O) groups is 1. The Morgan fingerprint density at radius 2 is 2.31 bits per heavy atom. The van der Waals surface area contributed by atoms with E-state index in [1.54, 1.807) is 6.08 Å². The smallest absolute Gasteiger partial charge is 0.359 e. The number of hydrogen-bond donors (Lipinski definition) is 2. The van der Waals surface area contributed by atoms with E-state index >= 15 is 0 Å². The van der Waals surface area contributed by atoms with Gasteiger partial charge in [0.1, 0.15) is 13.1 Å². The standard InChI is InChI=1S/C10H16N2O3.H2O/c1-2-5-12(8-10(14)15)6-4-11-9(12)3-7-13;/h2,13H,1,3-8H2;1H2. The van der Waals surface area contributed by atoms with Gasteiger partial charge in [0.25, 0.3) is 0 Å². The highest BCUT2D eigenvalue weighted by molar-refractivity contribution is 5.80. The van der Waals surface area contributed by atoms with E-state index in [0.717, 1.165) is 5.84 Å². The van der Waals surface area contributed by atoms with Crippen molar-refractivity contribution in [3.05, 3.63) is 12.7 Å². The van der Waals surface area contributed by atoms with Crippen molar-refractivity contribution in [3.63, 3.8) is 0 Å². The fraction of sp³-hybridized carbons (Fsp3) is 0.600. The minimum absolute atomic E-state index is 0. The molecule has 0 amide bonds. The third kappa shape index (κ3) is 3.13. The number of hydrogen-bond acceptors (Lipinski definition) is 4. The van der Waals surface area contributed by atoms with Crippen LogP contribution in [0.25, 0.3) is 0 Å². The molecular weight excluding hydrogens is 212 g/mol. The predicted octanol–water partition coefficient (Wildman–Crippen LogP) is -0.308. The summed E-state index contributed by atoms with van der Waals surface area (Å²) in [4.78, 5) is 15.1. The number of carboxylic acid groups (broad SMARTS) is 1. The highest BCUT2D eigenvalue weighted by Gasteiger charge is 2.38. The Bertz CT molecular complexity index is 291. The first-order chi connectivity index (χ1) is 7.14. The van der Waals surface area contributed by atoms with Crippen LogP contribution in [0.1, 0.15) is 6.42 Å². The minimum Gasteiger partial charge on any atom is -0.870 e. The topological polar surface area (TPSA) is 99.9 Å². The molecule has 0 radical (unpaired) electrons. The van der Waals surface area contributed by atoms with Gasteiger partial charge in [-0.3, -0.25) is 4.48 Å². The number of nitrogens with zero attached hydrogens (tertiary/aromatic N) is 2. The van der Waals surface area contributed by atoms with E-state index in [1.807, 2.05) is 0 Å². The summed E-state index contributed by atoms with van der Waals surface area (Å²) < 4.78 is 0.319. The lowest BCUT2D eigenvalue weighted by Gasteiger charge is -2.31. The lowest BCUT2D eigenvalue weighted by atomic mass is 10.2. The zero-order chi connectivity index (χ0) is 11.3. The van der Waals surface area contributed by atoms with Crippen LogP contribution < -0.4 is 0 Å². The van der Waals surface area contributed by atoms with Gasteiger partial charge in [-0.05, 0) is 6.08 Å². The number of aliphatic hydroxyl groups is 1. The largest absolute Gasteiger partial charge is 0.870 e. The summed E-state index contributed by atoms with van der Waals surface area (Å²) in [5.41, 5.74) is 0. The molecule has 0 aromatic carbocycles. The molecule has 0 aromatic rings. The van der Waals surface area contributed by atoms with Crippen LogP contribution in [0.5, 0.6) is 0 Å². The SMILES string of the molecule is C=CC[N+]1(CC(=O)O)CCN=C1CCO.[OH-]. The molecular formula is C10H18N2O4. The summed E-state index contributed by atoms with van der Waals surface area (Å²) in [6, 6.07) is 0. The molecule has 0 fully saturated rings. The van der Waals surface area contributed by atoms with Gasteiger partial charge in [-0.2, -0.15) is 0 Å². The van der Waals surface area contributed by atoms with Crippen LogP contribution in [-0.2, 0) is 4.79 Å². The second-order valence-corrected chi connectivity index (χ2v) is 3.66. The molecule has 6 nitrogen and oxygen atoms in total.